The van der Waals surface area contributed by atoms with Gasteiger partial charge in [0.2, 0.25) is 12.3 Å². The van der Waals surface area contributed by atoms with E-state index in [9.17, 15) is 19.5 Å². The van der Waals surface area contributed by atoms with E-state index in [0.29, 0.717) is 12.1 Å². The molecule has 2 heterocycles. The van der Waals surface area contributed by atoms with Gasteiger partial charge in [0.15, 0.2) is 8.32 Å². The molecule has 1 fully saturated rings. The van der Waals surface area contributed by atoms with Crippen LogP contribution in [0, 0.1) is 5.92 Å². The van der Waals surface area contributed by atoms with E-state index in [1.807, 2.05) is 0 Å². The minimum atomic E-state index is -2.31. The number of esters is 1. The highest BCUT2D eigenvalue weighted by Crippen LogP contribution is 2.51. The Labute approximate surface area is 177 Å². The second-order valence-corrected chi connectivity index (χ2v) is 14.2. The molecule has 1 saturated heterocycles. The largest absolute Gasteiger partial charge is 0.465 e. The van der Waals surface area contributed by atoms with E-state index in [1.54, 1.807) is 25.1 Å². The van der Waals surface area contributed by atoms with Crippen molar-refractivity contribution in [2.45, 2.75) is 63.8 Å². The van der Waals surface area contributed by atoms with Crippen LogP contribution in [0.4, 0.5) is 5.69 Å². The number of nitrogens with zero attached hydrogens (tertiary/aromatic N) is 2. The van der Waals surface area contributed by atoms with E-state index in [0.717, 1.165) is 12.0 Å². The fourth-order valence-electron chi connectivity index (χ4n) is 4.04. The number of anilines is 1. The first kappa shape index (κ1) is 22.5. The Balaban J connectivity index is 2.06. The van der Waals surface area contributed by atoms with Crippen LogP contribution in [-0.4, -0.2) is 56.0 Å². The number of benzene rings is 1. The van der Waals surface area contributed by atoms with Crippen molar-refractivity contribution in [3.8, 4) is 0 Å². The summed E-state index contributed by atoms with van der Waals surface area (Å²) in [5, 5.41) is 11.3. The second kappa shape index (κ2) is 7.18. The number of β-lactam (4-membered cyclic amide) rings is 1. The van der Waals surface area contributed by atoms with Gasteiger partial charge in [0.05, 0.1) is 18.9 Å². The Morgan fingerprint density at radius 3 is 2.43 bits per heavy atom. The Hall–Kier alpha value is -2.23. The lowest BCUT2D eigenvalue weighted by molar-refractivity contribution is -0.228. The first-order chi connectivity index (χ1) is 13.8. The van der Waals surface area contributed by atoms with Gasteiger partial charge in [-0.25, -0.2) is 4.79 Å². The molecule has 1 N–H and O–H groups in total. The van der Waals surface area contributed by atoms with Crippen LogP contribution < -0.4 is 4.90 Å². The van der Waals surface area contributed by atoms with Crippen LogP contribution in [0.25, 0.3) is 0 Å². The van der Waals surface area contributed by atoms with Crippen LogP contribution in [0.2, 0.25) is 18.1 Å². The van der Waals surface area contributed by atoms with E-state index < -0.39 is 44.1 Å². The third-order valence-electron chi connectivity index (χ3n) is 6.68. The quantitative estimate of drug-likeness (QED) is 0.330. The van der Waals surface area contributed by atoms with Gasteiger partial charge in [0, 0.05) is 5.56 Å². The predicted octanol–water partition coefficient (Wildman–Crippen LogP) is 2.18. The molecule has 2 amide bonds. The normalized spacial score (nSPS) is 27.0. The van der Waals surface area contributed by atoms with E-state index in [1.165, 1.54) is 11.0 Å². The van der Waals surface area contributed by atoms with Gasteiger partial charge >= 0.3 is 5.97 Å². The molecule has 0 aromatic heterocycles. The zero-order valence-corrected chi connectivity index (χ0v) is 19.5. The van der Waals surface area contributed by atoms with Gasteiger partial charge in [0.25, 0.3) is 5.72 Å². The molecule has 9 heteroatoms. The van der Waals surface area contributed by atoms with E-state index >= 15 is 0 Å². The number of carbonyl (C=O) groups is 3. The van der Waals surface area contributed by atoms with Crippen molar-refractivity contribution in [1.29, 1.82) is 0 Å². The topological polar surface area (TPSA) is 96.4 Å². The molecule has 164 valence electrons. The smallest absolute Gasteiger partial charge is 0.364 e. The minimum Gasteiger partial charge on any atom is -0.465 e. The van der Waals surface area contributed by atoms with Gasteiger partial charge < -0.3 is 14.3 Å². The zero-order valence-electron chi connectivity index (χ0n) is 18.5. The molecule has 0 bridgehead atoms. The maximum atomic E-state index is 13.2. The Bertz CT molecular complexity index is 882. The van der Waals surface area contributed by atoms with Gasteiger partial charge in [0.1, 0.15) is 12.1 Å². The first-order valence-corrected chi connectivity index (χ1v) is 12.9. The third-order valence-corrected chi connectivity index (χ3v) is 11.2. The maximum absolute atomic E-state index is 13.2. The van der Waals surface area contributed by atoms with E-state index in [2.05, 4.69) is 33.9 Å². The van der Waals surface area contributed by atoms with Crippen LogP contribution in [-0.2, 0) is 29.3 Å². The maximum Gasteiger partial charge on any atom is 0.364 e. The lowest BCUT2D eigenvalue weighted by Gasteiger charge is -2.60. The average molecular weight is 435 g/mol. The molecule has 0 aliphatic carbocycles. The number of aliphatic hydroxyl groups is 1. The first-order valence-electron chi connectivity index (χ1n) is 9.98. The van der Waals surface area contributed by atoms with E-state index in [4.69, 9.17) is 9.16 Å². The van der Waals surface area contributed by atoms with E-state index in [-0.39, 0.29) is 10.6 Å². The van der Waals surface area contributed by atoms with Crippen molar-refractivity contribution in [3.63, 3.8) is 0 Å². The van der Waals surface area contributed by atoms with Crippen LogP contribution in [0.15, 0.2) is 24.3 Å². The Kier molecular flexibility index (Phi) is 5.37. The molecule has 1 aromatic carbocycles. The van der Waals surface area contributed by atoms with Crippen molar-refractivity contribution in [1.82, 2.24) is 4.90 Å². The van der Waals surface area contributed by atoms with Gasteiger partial charge in [-0.15, -0.1) is 0 Å². The summed E-state index contributed by atoms with van der Waals surface area (Å²) in [4.78, 5) is 40.3. The summed E-state index contributed by atoms with van der Waals surface area (Å²) in [5.41, 5.74) is -1.82. The molecule has 1 unspecified atom stereocenters. The average Bonchev–Trinajstić information content (AvgIpc) is 2.65. The fourth-order valence-corrected chi connectivity index (χ4v) is 5.47. The van der Waals surface area contributed by atoms with Crippen molar-refractivity contribution >= 4 is 32.3 Å². The summed E-state index contributed by atoms with van der Waals surface area (Å²) < 4.78 is 11.2. The summed E-state index contributed by atoms with van der Waals surface area (Å²) in [6.45, 7) is 12.3. The van der Waals surface area contributed by atoms with Crippen LogP contribution in [0.1, 0.15) is 33.3 Å². The fraction of sp³-hybridized carbons (Fsp3) is 0.571. The highest BCUT2D eigenvalue weighted by atomic mass is 28.4. The van der Waals surface area contributed by atoms with Gasteiger partial charge in [-0.2, -0.15) is 0 Å². The van der Waals surface area contributed by atoms with Crippen LogP contribution in [0.3, 0.4) is 0 Å². The SMILES string of the molecule is COC(=O)C1(O)c2ccccc2N(C=O)[C@@H]2[C@@H]([C@@H](C)O[Si](C)(C)C(C)(C)C)C(=O)N21. The summed E-state index contributed by atoms with van der Waals surface area (Å²) in [7, 11) is -1.05. The van der Waals surface area contributed by atoms with Gasteiger partial charge in [-0.1, -0.05) is 39.0 Å². The number of fused-ring (bicyclic) bond motifs is 2. The number of carbonyl (C=O) groups excluding carboxylic acids is 3. The molecule has 3 rings (SSSR count). The molecule has 0 radical (unpaired) electrons. The Morgan fingerprint density at radius 1 is 1.30 bits per heavy atom. The number of para-hydroxylation sites is 1. The second-order valence-electron chi connectivity index (χ2n) is 9.42. The van der Waals surface area contributed by atoms with Gasteiger partial charge in [-0.3, -0.25) is 19.4 Å². The number of hydrogen-bond acceptors (Lipinski definition) is 6. The summed E-state index contributed by atoms with van der Waals surface area (Å²) in [5.74, 6) is -2.15. The zero-order chi connectivity index (χ0) is 22.6. The van der Waals surface area contributed by atoms with Crippen molar-refractivity contribution < 1.29 is 28.7 Å². The highest BCUT2D eigenvalue weighted by molar-refractivity contribution is 6.74. The molecule has 1 aromatic rings. The molecular formula is C21H30N2O6Si. The number of hydrogen-bond donors (Lipinski definition) is 1. The molecule has 0 spiro atoms. The minimum absolute atomic E-state index is 0.0655. The van der Waals surface area contributed by atoms with Crippen molar-refractivity contribution in [3.05, 3.63) is 29.8 Å². The van der Waals surface area contributed by atoms with Crippen LogP contribution in [0.5, 0.6) is 0 Å². The van der Waals surface area contributed by atoms with Crippen LogP contribution >= 0.6 is 0 Å². The van der Waals surface area contributed by atoms with Gasteiger partial charge in [-0.05, 0) is 31.1 Å². The number of methoxy groups -OCH3 is 1. The summed E-state index contributed by atoms with van der Waals surface area (Å²) >= 11 is 0. The lowest BCUT2D eigenvalue weighted by atomic mass is 9.79. The predicted molar refractivity (Wildman–Crippen MR) is 113 cm³/mol. The molecule has 2 aliphatic heterocycles. The summed E-state index contributed by atoms with van der Waals surface area (Å²) in [6.07, 6.45) is -0.741. The standard InChI is InChI=1S/C21H30N2O6Si/c1-13(29-30(6,7)20(2,3)4)16-17-22(12-24)15-11-9-8-10-14(15)21(27,19(26)28-5)23(17)18(16)25/h8-13,16-17,27H,1-7H3/t13-,16-,17+,21?/m1/s1. The molecular weight excluding hydrogens is 404 g/mol. The third kappa shape index (κ3) is 2.98. The molecule has 8 nitrogen and oxygen atoms in total. The highest BCUT2D eigenvalue weighted by Gasteiger charge is 2.67. The van der Waals surface area contributed by atoms with Crippen molar-refractivity contribution in [2.75, 3.05) is 12.0 Å². The number of rotatable bonds is 5. The Morgan fingerprint density at radius 2 is 1.90 bits per heavy atom. The van der Waals surface area contributed by atoms with Crippen molar-refractivity contribution in [2.24, 2.45) is 5.92 Å². The molecule has 30 heavy (non-hydrogen) atoms. The molecule has 2 aliphatic rings. The number of amides is 2. The molecule has 4 atom stereocenters. The lowest BCUT2D eigenvalue weighted by Crippen LogP contribution is -2.79. The number of ether oxygens (including phenoxy) is 1. The summed E-state index contributed by atoms with van der Waals surface area (Å²) in [6, 6.07) is 6.47. The molecule has 0 saturated carbocycles. The monoisotopic (exact) mass is 434 g/mol.